The molecule has 0 aromatic carbocycles. The largest absolute Gasteiger partial charge is 0.472 e. The van der Waals surface area contributed by atoms with Gasteiger partial charge in [-0.1, -0.05) is 167 Å². The molecule has 280 valence electrons. The number of rotatable bonds is 35. The van der Waals surface area contributed by atoms with Crippen LogP contribution in [-0.4, -0.2) is 73.4 Å². The molecule has 3 N–H and O–H groups in total. The van der Waals surface area contributed by atoms with Crippen LogP contribution < -0.4 is 5.32 Å². The zero-order valence-corrected chi connectivity index (χ0v) is 32.4. The fourth-order valence-electron chi connectivity index (χ4n) is 5.72. The van der Waals surface area contributed by atoms with Gasteiger partial charge in [0.25, 0.3) is 0 Å². The van der Waals surface area contributed by atoms with E-state index in [-0.39, 0.29) is 19.1 Å². The molecule has 0 saturated heterocycles. The van der Waals surface area contributed by atoms with E-state index in [1.54, 1.807) is 6.08 Å². The van der Waals surface area contributed by atoms with Crippen LogP contribution in [0.3, 0.4) is 0 Å². The van der Waals surface area contributed by atoms with Crippen LogP contribution in [0.2, 0.25) is 0 Å². The van der Waals surface area contributed by atoms with Gasteiger partial charge >= 0.3 is 7.82 Å². The summed E-state index contributed by atoms with van der Waals surface area (Å²) >= 11 is 0. The number of likely N-dealkylation sites (N-methyl/N-ethyl adjacent to an activating group) is 1. The molecule has 0 aliphatic rings. The zero-order valence-electron chi connectivity index (χ0n) is 31.5. The van der Waals surface area contributed by atoms with Crippen LogP contribution in [0, 0.1) is 0 Å². The third-order valence-electron chi connectivity index (χ3n) is 8.79. The number of carbonyl (C=O) groups is 1. The van der Waals surface area contributed by atoms with Crippen molar-refractivity contribution in [3.63, 3.8) is 0 Å². The summed E-state index contributed by atoms with van der Waals surface area (Å²) in [6.07, 6.45) is 36.4. The van der Waals surface area contributed by atoms with Gasteiger partial charge in [-0.15, -0.1) is 0 Å². The van der Waals surface area contributed by atoms with Gasteiger partial charge in [-0.2, -0.15) is 0 Å². The Hall–Kier alpha value is -0.760. The SMILES string of the molecule is CCCCCCCCCCCCCCCCCCCCCCCCCC/C=C/C(O)C(COP(=O)(O)OCC[N+](C)(C)C)NC(C)=O. The Bertz CT molecular complexity index is 789. The third kappa shape index (κ3) is 34.9. The van der Waals surface area contributed by atoms with E-state index in [4.69, 9.17) is 9.05 Å². The maximum absolute atomic E-state index is 12.2. The summed E-state index contributed by atoms with van der Waals surface area (Å²) in [5.74, 6) is -0.352. The van der Waals surface area contributed by atoms with Gasteiger partial charge in [0, 0.05) is 6.92 Å². The van der Waals surface area contributed by atoms with E-state index in [1.165, 1.54) is 148 Å². The van der Waals surface area contributed by atoms with Crippen molar-refractivity contribution in [2.45, 2.75) is 187 Å². The third-order valence-corrected chi connectivity index (χ3v) is 9.78. The Labute approximate surface area is 291 Å². The highest BCUT2D eigenvalue weighted by Gasteiger charge is 2.27. The highest BCUT2D eigenvalue weighted by molar-refractivity contribution is 7.47. The molecule has 8 nitrogen and oxygen atoms in total. The van der Waals surface area contributed by atoms with Crippen molar-refractivity contribution in [1.82, 2.24) is 5.32 Å². The van der Waals surface area contributed by atoms with E-state index >= 15 is 0 Å². The maximum atomic E-state index is 12.2. The van der Waals surface area contributed by atoms with Gasteiger partial charge in [0.15, 0.2) is 0 Å². The average molecular weight is 690 g/mol. The number of unbranched alkanes of at least 4 members (excludes halogenated alkanes) is 24. The molecular weight excluding hydrogens is 611 g/mol. The summed E-state index contributed by atoms with van der Waals surface area (Å²) in [7, 11) is 1.57. The minimum absolute atomic E-state index is 0.0596. The Morgan fingerprint density at radius 3 is 1.45 bits per heavy atom. The lowest BCUT2D eigenvalue weighted by molar-refractivity contribution is -0.870. The average Bonchev–Trinajstić information content (AvgIpc) is 3.00. The summed E-state index contributed by atoms with van der Waals surface area (Å²) < 4.78 is 22.9. The van der Waals surface area contributed by atoms with Crippen molar-refractivity contribution in [1.29, 1.82) is 0 Å². The number of aliphatic hydroxyl groups is 1. The number of aliphatic hydroxyl groups excluding tert-OH is 1. The molecule has 0 aromatic heterocycles. The number of nitrogens with one attached hydrogen (secondary N) is 1. The molecule has 0 aliphatic heterocycles. The van der Waals surface area contributed by atoms with Gasteiger partial charge < -0.3 is 19.8 Å². The first-order valence-electron chi connectivity index (χ1n) is 19.5. The number of hydrogen-bond donors (Lipinski definition) is 3. The van der Waals surface area contributed by atoms with Crippen LogP contribution in [0.5, 0.6) is 0 Å². The summed E-state index contributed by atoms with van der Waals surface area (Å²) in [6, 6.07) is -0.842. The lowest BCUT2D eigenvalue weighted by atomic mass is 10.0. The highest BCUT2D eigenvalue weighted by Crippen LogP contribution is 2.43. The molecule has 0 radical (unpaired) electrons. The van der Waals surface area contributed by atoms with Gasteiger partial charge in [-0.25, -0.2) is 4.57 Å². The molecular formula is C38H78N2O6P+. The molecule has 3 atom stereocenters. The van der Waals surface area contributed by atoms with Crippen LogP contribution in [-0.2, 0) is 18.4 Å². The van der Waals surface area contributed by atoms with Crippen molar-refractivity contribution in [3.8, 4) is 0 Å². The Balaban J connectivity index is 3.68. The number of phosphoric ester groups is 1. The standard InChI is InChI=1S/C38H77N2O6P/c1-6-7-8-9-10-11-12-13-14-15-16-17-18-19-20-21-22-23-24-25-26-27-28-29-30-31-32-38(42)37(39-36(2)41)35-46-47(43,44)45-34-33-40(3,4)5/h31-32,37-38,42H,6-30,33-35H2,1-5H3,(H-,39,41,43,44)/p+1/b32-31+. The van der Waals surface area contributed by atoms with Crippen molar-refractivity contribution >= 4 is 13.7 Å². The highest BCUT2D eigenvalue weighted by atomic mass is 31.2. The number of nitrogens with zero attached hydrogens (tertiary/aromatic N) is 1. The molecule has 0 saturated carbocycles. The van der Waals surface area contributed by atoms with Crippen LogP contribution in [0.15, 0.2) is 12.2 Å². The normalized spacial score (nSPS) is 14.8. The molecule has 1 amide bonds. The lowest BCUT2D eigenvalue weighted by Crippen LogP contribution is -2.44. The van der Waals surface area contributed by atoms with E-state index in [2.05, 4.69) is 12.2 Å². The van der Waals surface area contributed by atoms with Gasteiger partial charge in [-0.05, 0) is 12.8 Å². The second kappa shape index (κ2) is 31.2. The molecule has 0 aliphatic carbocycles. The topological polar surface area (TPSA) is 105 Å². The Morgan fingerprint density at radius 1 is 0.702 bits per heavy atom. The molecule has 9 heteroatoms. The lowest BCUT2D eigenvalue weighted by Gasteiger charge is -2.25. The Kier molecular flexibility index (Phi) is 30.7. The van der Waals surface area contributed by atoms with Gasteiger partial charge in [0.2, 0.25) is 5.91 Å². The molecule has 0 heterocycles. The maximum Gasteiger partial charge on any atom is 0.472 e. The first-order chi connectivity index (χ1) is 22.5. The number of amides is 1. The van der Waals surface area contributed by atoms with Gasteiger partial charge in [-0.3, -0.25) is 13.8 Å². The van der Waals surface area contributed by atoms with E-state index in [0.717, 1.165) is 19.3 Å². The minimum atomic E-state index is -4.28. The number of quaternary nitrogens is 1. The van der Waals surface area contributed by atoms with Crippen molar-refractivity contribution in [2.24, 2.45) is 0 Å². The van der Waals surface area contributed by atoms with Crippen LogP contribution >= 0.6 is 7.82 Å². The van der Waals surface area contributed by atoms with E-state index in [0.29, 0.717) is 11.0 Å². The molecule has 0 bridgehead atoms. The molecule has 3 unspecified atom stereocenters. The van der Waals surface area contributed by atoms with Crippen LogP contribution in [0.25, 0.3) is 0 Å². The van der Waals surface area contributed by atoms with Crippen LogP contribution in [0.4, 0.5) is 0 Å². The first-order valence-corrected chi connectivity index (χ1v) is 21.0. The van der Waals surface area contributed by atoms with Gasteiger partial charge in [0.1, 0.15) is 13.2 Å². The van der Waals surface area contributed by atoms with Crippen LogP contribution in [0.1, 0.15) is 174 Å². The van der Waals surface area contributed by atoms with E-state index in [9.17, 15) is 19.4 Å². The van der Waals surface area contributed by atoms with Crippen molar-refractivity contribution in [2.75, 3.05) is 40.9 Å². The van der Waals surface area contributed by atoms with E-state index < -0.39 is 20.0 Å². The smallest absolute Gasteiger partial charge is 0.387 e. The zero-order chi connectivity index (χ0) is 35.1. The predicted octanol–water partition coefficient (Wildman–Crippen LogP) is 10.0. The molecule has 0 rings (SSSR count). The molecule has 0 aromatic rings. The fraction of sp³-hybridized carbons (Fsp3) is 0.921. The predicted molar refractivity (Wildman–Crippen MR) is 198 cm³/mol. The second-order valence-corrected chi connectivity index (χ2v) is 16.2. The first kappa shape index (κ1) is 46.2. The second-order valence-electron chi connectivity index (χ2n) is 14.8. The summed E-state index contributed by atoms with van der Waals surface area (Å²) in [6.45, 7) is 3.89. The number of phosphoric acid groups is 1. The van der Waals surface area contributed by atoms with Gasteiger partial charge in [0.05, 0.1) is 39.9 Å². The number of carbonyl (C=O) groups excluding carboxylic acids is 1. The molecule has 0 spiro atoms. The summed E-state index contributed by atoms with van der Waals surface area (Å²) in [5, 5.41) is 13.1. The summed E-state index contributed by atoms with van der Waals surface area (Å²) in [4.78, 5) is 21.5. The number of hydrogen-bond acceptors (Lipinski definition) is 5. The quantitative estimate of drug-likeness (QED) is 0.0265. The Morgan fingerprint density at radius 2 is 1.09 bits per heavy atom. The molecule has 0 fully saturated rings. The van der Waals surface area contributed by atoms with Crippen molar-refractivity contribution in [3.05, 3.63) is 12.2 Å². The molecule has 47 heavy (non-hydrogen) atoms. The minimum Gasteiger partial charge on any atom is -0.387 e. The summed E-state index contributed by atoms with van der Waals surface area (Å²) in [5.41, 5.74) is 0. The fourth-order valence-corrected chi connectivity index (χ4v) is 6.46. The number of allylic oxidation sites excluding steroid dienone is 1. The van der Waals surface area contributed by atoms with Crippen molar-refractivity contribution < 1.29 is 32.9 Å². The van der Waals surface area contributed by atoms with E-state index in [1.807, 2.05) is 27.2 Å². The monoisotopic (exact) mass is 690 g/mol.